The van der Waals surface area contributed by atoms with Crippen molar-refractivity contribution in [3.63, 3.8) is 0 Å². The summed E-state index contributed by atoms with van der Waals surface area (Å²) in [6.07, 6.45) is 5.08. The van der Waals surface area contributed by atoms with E-state index in [1.54, 1.807) is 7.11 Å². The van der Waals surface area contributed by atoms with E-state index in [1.807, 2.05) is 10.9 Å². The molecule has 0 amide bonds. The molecule has 0 saturated heterocycles. The Morgan fingerprint density at radius 3 is 2.69 bits per heavy atom. The zero-order valence-corrected chi connectivity index (χ0v) is 12.1. The molecule has 4 heteroatoms. The fourth-order valence-corrected chi connectivity index (χ4v) is 1.95. The molecule has 1 aromatic rings. The smallest absolute Gasteiger partial charge is 0.159 e. The number of ether oxygens (including phenoxy) is 1. The lowest BCUT2D eigenvalue weighted by atomic mass is 10.1. The third kappa shape index (κ3) is 3.24. The normalized spacial score (nSPS) is 13.1. The molecule has 1 unspecified atom stereocenters. The summed E-state index contributed by atoms with van der Waals surface area (Å²) in [5.74, 6) is 0.907. The topological polar surface area (TPSA) is 27.1 Å². The Hall–Kier alpha value is -0.510. The van der Waals surface area contributed by atoms with Gasteiger partial charge in [-0.25, -0.2) is 0 Å². The van der Waals surface area contributed by atoms with Gasteiger partial charge < -0.3 is 4.74 Å². The molecule has 1 heterocycles. The van der Waals surface area contributed by atoms with Crippen LogP contribution < -0.4 is 4.74 Å². The van der Waals surface area contributed by atoms with Gasteiger partial charge in [-0.15, -0.1) is 0 Å². The van der Waals surface area contributed by atoms with Crippen LogP contribution in [0.15, 0.2) is 6.20 Å². The quantitative estimate of drug-likeness (QED) is 0.748. The van der Waals surface area contributed by atoms with E-state index >= 15 is 0 Å². The van der Waals surface area contributed by atoms with Crippen molar-refractivity contribution in [1.29, 1.82) is 0 Å². The second-order valence-corrected chi connectivity index (χ2v) is 5.54. The lowest BCUT2D eigenvalue weighted by Crippen LogP contribution is -2.10. The van der Waals surface area contributed by atoms with E-state index in [-0.39, 0.29) is 0 Å². The Kier molecular flexibility index (Phi) is 5.32. The van der Waals surface area contributed by atoms with Gasteiger partial charge in [0.15, 0.2) is 5.75 Å². The summed E-state index contributed by atoms with van der Waals surface area (Å²) in [7, 11) is 1.70. The maximum Gasteiger partial charge on any atom is 0.159 e. The summed E-state index contributed by atoms with van der Waals surface area (Å²) in [6, 6.07) is 0.384. The zero-order chi connectivity index (χ0) is 12.1. The molecule has 16 heavy (non-hydrogen) atoms. The molecular formula is C12H21BrN2O. The molecule has 1 aromatic heterocycles. The van der Waals surface area contributed by atoms with Crippen molar-refractivity contribution >= 4 is 15.9 Å². The minimum atomic E-state index is 0.384. The van der Waals surface area contributed by atoms with Crippen LogP contribution >= 0.6 is 15.9 Å². The maximum atomic E-state index is 5.34. The highest BCUT2D eigenvalue weighted by molar-refractivity contribution is 9.09. The van der Waals surface area contributed by atoms with Gasteiger partial charge >= 0.3 is 0 Å². The molecule has 3 nitrogen and oxygen atoms in total. The predicted octanol–water partition coefficient (Wildman–Crippen LogP) is 3.58. The van der Waals surface area contributed by atoms with Crippen LogP contribution in [0.25, 0.3) is 0 Å². The number of hydrogen-bond donors (Lipinski definition) is 0. The van der Waals surface area contributed by atoms with E-state index < -0.39 is 0 Å². The molecule has 0 spiro atoms. The maximum absolute atomic E-state index is 5.34. The van der Waals surface area contributed by atoms with Gasteiger partial charge in [-0.1, -0.05) is 22.9 Å². The standard InChI is InChI=1S/C12H21BrN2O/c1-5-10(13)6-7-11-12(16-4)8-14-15(11)9(2)3/h8-10H,5-7H2,1-4H3. The molecule has 0 N–H and O–H groups in total. The van der Waals surface area contributed by atoms with Crippen LogP contribution in [-0.4, -0.2) is 21.7 Å². The minimum absolute atomic E-state index is 0.384. The van der Waals surface area contributed by atoms with Gasteiger partial charge in [0.1, 0.15) is 0 Å². The van der Waals surface area contributed by atoms with Crippen LogP contribution in [0.3, 0.4) is 0 Å². The Labute approximate surface area is 106 Å². The SMILES string of the molecule is CCC(Br)CCc1c(OC)cnn1C(C)C. The second-order valence-electron chi connectivity index (χ2n) is 4.24. The summed E-state index contributed by atoms with van der Waals surface area (Å²) in [5.41, 5.74) is 1.20. The van der Waals surface area contributed by atoms with E-state index in [0.29, 0.717) is 10.9 Å². The first-order valence-corrected chi connectivity index (χ1v) is 6.76. The first-order valence-electron chi connectivity index (χ1n) is 5.84. The molecule has 0 radical (unpaired) electrons. The van der Waals surface area contributed by atoms with Crippen molar-refractivity contribution in [2.24, 2.45) is 0 Å². The summed E-state index contributed by atoms with van der Waals surface area (Å²) in [6.45, 7) is 6.47. The van der Waals surface area contributed by atoms with Crippen LogP contribution in [0.1, 0.15) is 45.3 Å². The van der Waals surface area contributed by atoms with Crippen LogP contribution in [0.5, 0.6) is 5.75 Å². The third-order valence-electron chi connectivity index (χ3n) is 2.71. The molecule has 0 aromatic carbocycles. The van der Waals surface area contributed by atoms with Gasteiger partial charge in [0.25, 0.3) is 0 Å². The molecule has 0 aliphatic carbocycles. The van der Waals surface area contributed by atoms with E-state index in [9.17, 15) is 0 Å². The van der Waals surface area contributed by atoms with Gasteiger partial charge in [-0.2, -0.15) is 5.10 Å². The number of hydrogen-bond acceptors (Lipinski definition) is 2. The highest BCUT2D eigenvalue weighted by Crippen LogP contribution is 2.24. The van der Waals surface area contributed by atoms with Crippen LogP contribution in [0, 0.1) is 0 Å². The van der Waals surface area contributed by atoms with Crippen molar-refractivity contribution in [1.82, 2.24) is 9.78 Å². The van der Waals surface area contributed by atoms with Crippen LogP contribution in [-0.2, 0) is 6.42 Å². The molecule has 1 rings (SSSR count). The fourth-order valence-electron chi connectivity index (χ4n) is 1.72. The molecule has 92 valence electrons. The van der Waals surface area contributed by atoms with Gasteiger partial charge in [0, 0.05) is 10.9 Å². The van der Waals surface area contributed by atoms with E-state index in [2.05, 4.69) is 41.8 Å². The lowest BCUT2D eigenvalue weighted by Gasteiger charge is -2.13. The Morgan fingerprint density at radius 2 is 2.19 bits per heavy atom. The van der Waals surface area contributed by atoms with E-state index in [1.165, 1.54) is 5.69 Å². The van der Waals surface area contributed by atoms with Crippen molar-refractivity contribution in [3.8, 4) is 5.75 Å². The first-order chi connectivity index (χ1) is 7.60. The Bertz CT molecular complexity index is 323. The summed E-state index contributed by atoms with van der Waals surface area (Å²) >= 11 is 3.66. The fraction of sp³-hybridized carbons (Fsp3) is 0.750. The number of rotatable bonds is 6. The highest BCUT2D eigenvalue weighted by Gasteiger charge is 2.14. The van der Waals surface area contributed by atoms with Crippen molar-refractivity contribution in [3.05, 3.63) is 11.9 Å². The average Bonchev–Trinajstić information content (AvgIpc) is 2.68. The number of alkyl halides is 1. The second kappa shape index (κ2) is 6.28. The van der Waals surface area contributed by atoms with Crippen molar-refractivity contribution < 1.29 is 4.74 Å². The van der Waals surface area contributed by atoms with E-state index in [0.717, 1.165) is 25.0 Å². The summed E-state index contributed by atoms with van der Waals surface area (Å²) in [4.78, 5) is 0.577. The molecule has 1 atom stereocenters. The molecule has 0 bridgehead atoms. The van der Waals surface area contributed by atoms with Gasteiger partial charge in [0.2, 0.25) is 0 Å². The molecule has 0 saturated carbocycles. The minimum Gasteiger partial charge on any atom is -0.493 e. The van der Waals surface area contributed by atoms with Gasteiger partial charge in [-0.05, 0) is 33.1 Å². The molecule has 0 aliphatic heterocycles. The Morgan fingerprint density at radius 1 is 1.50 bits per heavy atom. The number of methoxy groups -OCH3 is 1. The van der Waals surface area contributed by atoms with Crippen molar-refractivity contribution in [2.45, 2.75) is 50.9 Å². The summed E-state index contributed by atoms with van der Waals surface area (Å²) < 4.78 is 7.39. The van der Waals surface area contributed by atoms with Crippen molar-refractivity contribution in [2.75, 3.05) is 7.11 Å². The van der Waals surface area contributed by atoms with Gasteiger partial charge in [0.05, 0.1) is 19.0 Å². The zero-order valence-electron chi connectivity index (χ0n) is 10.5. The first kappa shape index (κ1) is 13.6. The van der Waals surface area contributed by atoms with Crippen LogP contribution in [0.2, 0.25) is 0 Å². The largest absolute Gasteiger partial charge is 0.493 e. The summed E-state index contributed by atoms with van der Waals surface area (Å²) in [5, 5.41) is 4.37. The third-order valence-corrected chi connectivity index (χ3v) is 3.81. The van der Waals surface area contributed by atoms with Gasteiger partial charge in [-0.3, -0.25) is 4.68 Å². The average molecular weight is 289 g/mol. The molecule has 0 aliphatic rings. The predicted molar refractivity (Wildman–Crippen MR) is 70.5 cm³/mol. The van der Waals surface area contributed by atoms with Crippen LogP contribution in [0.4, 0.5) is 0 Å². The lowest BCUT2D eigenvalue weighted by molar-refractivity contribution is 0.403. The molecular weight excluding hydrogens is 268 g/mol. The number of aromatic nitrogens is 2. The van der Waals surface area contributed by atoms with E-state index in [4.69, 9.17) is 4.74 Å². The monoisotopic (exact) mass is 288 g/mol. The number of nitrogens with zero attached hydrogens (tertiary/aromatic N) is 2. The Balaban J connectivity index is 2.78. The molecule has 0 fully saturated rings. The highest BCUT2D eigenvalue weighted by atomic mass is 79.9. The number of halogens is 1.